The van der Waals surface area contributed by atoms with Gasteiger partial charge < -0.3 is 5.73 Å². The van der Waals surface area contributed by atoms with E-state index in [4.69, 9.17) is 5.73 Å². The van der Waals surface area contributed by atoms with Crippen LogP contribution in [-0.4, -0.2) is 8.42 Å². The fourth-order valence-corrected chi connectivity index (χ4v) is 3.16. The summed E-state index contributed by atoms with van der Waals surface area (Å²) in [5, 5.41) is 0. The molecular formula is C13H12BrFN2O2S. The smallest absolute Gasteiger partial charge is 0.264 e. The van der Waals surface area contributed by atoms with E-state index < -0.39 is 20.7 Å². The molecule has 2 aromatic rings. The Morgan fingerprint density at radius 3 is 2.55 bits per heavy atom. The van der Waals surface area contributed by atoms with Gasteiger partial charge in [0.1, 0.15) is 10.7 Å². The molecule has 0 spiro atoms. The minimum atomic E-state index is -3.97. The van der Waals surface area contributed by atoms with Gasteiger partial charge in [-0.15, -0.1) is 0 Å². The molecule has 0 saturated carbocycles. The lowest BCUT2D eigenvalue weighted by Crippen LogP contribution is -2.15. The molecule has 106 valence electrons. The van der Waals surface area contributed by atoms with Crippen molar-refractivity contribution >= 4 is 31.6 Å². The number of nitrogens with two attached hydrogens (primary N) is 1. The number of hydrogen-bond acceptors (Lipinski definition) is 3. The molecular weight excluding hydrogens is 347 g/mol. The Labute approximate surface area is 125 Å². The van der Waals surface area contributed by atoms with E-state index in [1.807, 2.05) is 0 Å². The van der Waals surface area contributed by atoms with Crippen LogP contribution in [-0.2, 0) is 16.6 Å². The van der Waals surface area contributed by atoms with Crippen LogP contribution in [0.15, 0.2) is 51.8 Å². The topological polar surface area (TPSA) is 72.2 Å². The summed E-state index contributed by atoms with van der Waals surface area (Å²) >= 11 is 3.24. The number of halogens is 2. The normalized spacial score (nSPS) is 11.3. The molecule has 0 atom stereocenters. The van der Waals surface area contributed by atoms with Crippen molar-refractivity contribution in [3.05, 3.63) is 58.3 Å². The van der Waals surface area contributed by atoms with Crippen molar-refractivity contribution in [1.82, 2.24) is 0 Å². The lowest BCUT2D eigenvalue weighted by molar-refractivity contribution is 0.569. The average molecular weight is 359 g/mol. The fourth-order valence-electron chi connectivity index (χ4n) is 1.65. The third kappa shape index (κ3) is 3.36. The summed E-state index contributed by atoms with van der Waals surface area (Å²) < 4.78 is 41.1. The van der Waals surface area contributed by atoms with Gasteiger partial charge in [-0.2, -0.15) is 0 Å². The highest BCUT2D eigenvalue weighted by atomic mass is 79.9. The molecule has 4 nitrogen and oxygen atoms in total. The van der Waals surface area contributed by atoms with E-state index in [1.165, 1.54) is 12.1 Å². The van der Waals surface area contributed by atoms with Crippen LogP contribution in [0.2, 0.25) is 0 Å². The van der Waals surface area contributed by atoms with Crippen molar-refractivity contribution in [2.75, 3.05) is 4.72 Å². The van der Waals surface area contributed by atoms with Crippen molar-refractivity contribution in [2.45, 2.75) is 11.4 Å². The minimum absolute atomic E-state index is 0.149. The van der Waals surface area contributed by atoms with Gasteiger partial charge in [0, 0.05) is 16.7 Å². The zero-order valence-electron chi connectivity index (χ0n) is 10.3. The van der Waals surface area contributed by atoms with E-state index >= 15 is 0 Å². The Hall–Kier alpha value is -1.44. The molecule has 0 amide bonds. The Balaban J connectivity index is 2.36. The Morgan fingerprint density at radius 2 is 1.95 bits per heavy atom. The highest BCUT2D eigenvalue weighted by Gasteiger charge is 2.19. The second kappa shape index (κ2) is 5.90. The van der Waals surface area contributed by atoms with E-state index in [-0.39, 0.29) is 6.54 Å². The maximum Gasteiger partial charge on any atom is 0.264 e. The molecule has 0 unspecified atom stereocenters. The molecule has 0 fully saturated rings. The quantitative estimate of drug-likeness (QED) is 0.882. The third-order valence-electron chi connectivity index (χ3n) is 2.60. The maximum atomic E-state index is 13.8. The number of benzene rings is 2. The zero-order chi connectivity index (χ0) is 14.8. The van der Waals surface area contributed by atoms with E-state index in [9.17, 15) is 12.8 Å². The van der Waals surface area contributed by atoms with Crippen LogP contribution in [0, 0.1) is 5.82 Å². The second-order valence-electron chi connectivity index (χ2n) is 4.08. The molecule has 7 heteroatoms. The van der Waals surface area contributed by atoms with Gasteiger partial charge in [-0.25, -0.2) is 12.8 Å². The van der Waals surface area contributed by atoms with Crippen LogP contribution >= 0.6 is 15.9 Å². The SMILES string of the molecule is NCc1ccc(S(=O)(=O)Nc2cccc(Br)c2)c(F)c1. The first-order chi connectivity index (χ1) is 9.42. The van der Waals surface area contributed by atoms with Gasteiger partial charge in [-0.3, -0.25) is 4.72 Å². The van der Waals surface area contributed by atoms with Gasteiger partial charge in [0.2, 0.25) is 0 Å². The number of anilines is 1. The lowest BCUT2D eigenvalue weighted by Gasteiger charge is -2.10. The second-order valence-corrected chi connectivity index (χ2v) is 6.65. The van der Waals surface area contributed by atoms with E-state index in [0.29, 0.717) is 11.3 Å². The molecule has 2 rings (SSSR count). The Bertz CT molecular complexity index is 735. The highest BCUT2D eigenvalue weighted by Crippen LogP contribution is 2.22. The molecule has 3 N–H and O–H groups in total. The van der Waals surface area contributed by atoms with Crippen molar-refractivity contribution in [2.24, 2.45) is 5.73 Å². The molecule has 0 heterocycles. The summed E-state index contributed by atoms with van der Waals surface area (Å²) in [5.74, 6) is -0.824. The molecule has 0 bridgehead atoms. The van der Waals surface area contributed by atoms with Crippen LogP contribution in [0.3, 0.4) is 0 Å². The predicted octanol–water partition coefficient (Wildman–Crippen LogP) is 2.85. The molecule has 0 saturated heterocycles. The van der Waals surface area contributed by atoms with Gasteiger partial charge in [-0.1, -0.05) is 28.1 Å². The van der Waals surface area contributed by atoms with E-state index in [2.05, 4.69) is 20.7 Å². The third-order valence-corrected chi connectivity index (χ3v) is 4.51. The number of sulfonamides is 1. The van der Waals surface area contributed by atoms with Crippen molar-refractivity contribution in [3.63, 3.8) is 0 Å². The first-order valence-corrected chi connectivity index (χ1v) is 7.97. The number of hydrogen-bond donors (Lipinski definition) is 2. The van der Waals surface area contributed by atoms with Gasteiger partial charge in [-0.05, 0) is 35.9 Å². The molecule has 0 aliphatic carbocycles. The van der Waals surface area contributed by atoms with Crippen LogP contribution in [0.1, 0.15) is 5.56 Å². The van der Waals surface area contributed by atoms with Crippen LogP contribution in [0.25, 0.3) is 0 Å². The Kier molecular flexibility index (Phi) is 4.42. The zero-order valence-corrected chi connectivity index (χ0v) is 12.7. The fraction of sp³-hybridized carbons (Fsp3) is 0.0769. The lowest BCUT2D eigenvalue weighted by atomic mass is 10.2. The first kappa shape index (κ1) is 15.0. The van der Waals surface area contributed by atoms with Crippen molar-refractivity contribution in [3.8, 4) is 0 Å². The summed E-state index contributed by atoms with van der Waals surface area (Å²) in [7, 11) is -3.97. The number of rotatable bonds is 4. The minimum Gasteiger partial charge on any atom is -0.326 e. The molecule has 0 aliphatic heterocycles. The summed E-state index contributed by atoms with van der Waals surface area (Å²) in [5.41, 5.74) is 6.26. The molecule has 0 aromatic heterocycles. The standard InChI is InChI=1S/C13H12BrFN2O2S/c14-10-2-1-3-11(7-10)17-20(18,19)13-5-4-9(8-16)6-12(13)15/h1-7,17H,8,16H2. The summed E-state index contributed by atoms with van der Waals surface area (Å²) in [6.45, 7) is 0.149. The molecule has 2 aromatic carbocycles. The average Bonchev–Trinajstić information content (AvgIpc) is 2.37. The first-order valence-electron chi connectivity index (χ1n) is 5.69. The van der Waals surface area contributed by atoms with Gasteiger partial charge >= 0.3 is 0 Å². The molecule has 20 heavy (non-hydrogen) atoms. The molecule has 0 aliphatic rings. The van der Waals surface area contributed by atoms with Crippen molar-refractivity contribution in [1.29, 1.82) is 0 Å². The number of nitrogens with one attached hydrogen (secondary N) is 1. The summed E-state index contributed by atoms with van der Waals surface area (Å²) in [6, 6.07) is 10.4. The maximum absolute atomic E-state index is 13.8. The Morgan fingerprint density at radius 1 is 1.20 bits per heavy atom. The monoisotopic (exact) mass is 358 g/mol. The predicted molar refractivity (Wildman–Crippen MR) is 79.2 cm³/mol. The van der Waals surface area contributed by atoms with E-state index in [1.54, 1.807) is 24.3 Å². The van der Waals surface area contributed by atoms with Gasteiger partial charge in [0.25, 0.3) is 10.0 Å². The van der Waals surface area contributed by atoms with Gasteiger partial charge in [0.05, 0.1) is 0 Å². The van der Waals surface area contributed by atoms with E-state index in [0.717, 1.165) is 10.5 Å². The summed E-state index contributed by atoms with van der Waals surface area (Å²) in [4.78, 5) is -0.408. The van der Waals surface area contributed by atoms with Gasteiger partial charge in [0.15, 0.2) is 0 Å². The van der Waals surface area contributed by atoms with Crippen LogP contribution in [0.5, 0.6) is 0 Å². The largest absolute Gasteiger partial charge is 0.326 e. The van der Waals surface area contributed by atoms with Crippen LogP contribution < -0.4 is 10.5 Å². The van der Waals surface area contributed by atoms with Crippen molar-refractivity contribution < 1.29 is 12.8 Å². The summed E-state index contributed by atoms with van der Waals surface area (Å²) in [6.07, 6.45) is 0. The van der Waals surface area contributed by atoms with Crippen LogP contribution in [0.4, 0.5) is 10.1 Å². The molecule has 0 radical (unpaired) electrons. The highest BCUT2D eigenvalue weighted by molar-refractivity contribution is 9.10.